The van der Waals surface area contributed by atoms with Gasteiger partial charge < -0.3 is 10.8 Å². The maximum Gasteiger partial charge on any atom is 0.308 e. The molecule has 0 spiro atoms. The zero-order valence-electron chi connectivity index (χ0n) is 6.62. The highest BCUT2D eigenvalue weighted by Crippen LogP contribution is 2.25. The topological polar surface area (TPSA) is 63.3 Å². The zero-order valence-corrected chi connectivity index (χ0v) is 7.43. The Hall–Kier alpha value is -0.740. The standard InChI is InChI=1S/C8H11NO2S/c9-5-6-1-2-12-7(3-6)4-8(10)11/h1,3H,2,4-5,9H2,(H,10,11). The molecule has 1 aliphatic heterocycles. The van der Waals surface area contributed by atoms with Crippen molar-refractivity contribution in [2.24, 2.45) is 5.73 Å². The molecule has 66 valence electrons. The summed E-state index contributed by atoms with van der Waals surface area (Å²) in [5, 5.41) is 8.52. The summed E-state index contributed by atoms with van der Waals surface area (Å²) in [5.41, 5.74) is 6.46. The van der Waals surface area contributed by atoms with Gasteiger partial charge in [-0.25, -0.2) is 0 Å². The van der Waals surface area contributed by atoms with E-state index in [-0.39, 0.29) is 6.42 Å². The van der Waals surface area contributed by atoms with Crippen LogP contribution in [0.5, 0.6) is 0 Å². The molecule has 3 N–H and O–H groups in total. The smallest absolute Gasteiger partial charge is 0.308 e. The third kappa shape index (κ3) is 2.71. The fourth-order valence-corrected chi connectivity index (χ4v) is 1.93. The van der Waals surface area contributed by atoms with Crippen LogP contribution < -0.4 is 5.73 Å². The van der Waals surface area contributed by atoms with Crippen LogP contribution in [0.15, 0.2) is 22.6 Å². The molecule has 3 nitrogen and oxygen atoms in total. The Bertz CT molecular complexity index is 245. The second-order valence-corrected chi connectivity index (χ2v) is 3.62. The largest absolute Gasteiger partial charge is 0.481 e. The minimum atomic E-state index is -0.785. The number of hydrogen-bond donors (Lipinski definition) is 2. The summed E-state index contributed by atoms with van der Waals surface area (Å²) in [5.74, 6) is 0.0538. The number of rotatable bonds is 3. The molecule has 0 aromatic heterocycles. The van der Waals surface area contributed by atoms with Gasteiger partial charge in [0.1, 0.15) is 0 Å². The van der Waals surface area contributed by atoms with E-state index in [9.17, 15) is 4.79 Å². The van der Waals surface area contributed by atoms with Gasteiger partial charge in [-0.1, -0.05) is 6.08 Å². The second-order valence-electron chi connectivity index (χ2n) is 2.48. The highest BCUT2D eigenvalue weighted by molar-refractivity contribution is 8.03. The molecule has 0 saturated heterocycles. The summed E-state index contributed by atoms with van der Waals surface area (Å²) in [6.07, 6.45) is 4.00. The molecule has 1 rings (SSSR count). The van der Waals surface area contributed by atoms with E-state index in [0.29, 0.717) is 6.54 Å². The van der Waals surface area contributed by atoms with Gasteiger partial charge in [0.15, 0.2) is 0 Å². The van der Waals surface area contributed by atoms with Crippen LogP contribution in [0.2, 0.25) is 0 Å². The van der Waals surface area contributed by atoms with Crippen molar-refractivity contribution >= 4 is 17.7 Å². The van der Waals surface area contributed by atoms with Gasteiger partial charge in [0.25, 0.3) is 0 Å². The number of carbonyl (C=O) groups is 1. The molecular formula is C8H11NO2S. The summed E-state index contributed by atoms with van der Waals surface area (Å²) < 4.78 is 0. The first-order valence-corrected chi connectivity index (χ1v) is 4.65. The highest BCUT2D eigenvalue weighted by Gasteiger charge is 2.08. The fourth-order valence-electron chi connectivity index (χ4n) is 0.956. The Kier molecular flexibility index (Phi) is 3.37. The van der Waals surface area contributed by atoms with Crippen LogP contribution in [-0.4, -0.2) is 23.4 Å². The van der Waals surface area contributed by atoms with Crippen molar-refractivity contribution in [3.05, 3.63) is 22.6 Å². The second kappa shape index (κ2) is 4.33. The minimum absolute atomic E-state index is 0.113. The molecule has 0 fully saturated rings. The van der Waals surface area contributed by atoms with Crippen LogP contribution >= 0.6 is 11.8 Å². The normalized spacial score (nSPS) is 16.8. The first-order chi connectivity index (χ1) is 5.72. The first kappa shape index (κ1) is 9.35. The van der Waals surface area contributed by atoms with E-state index in [1.165, 1.54) is 0 Å². The average Bonchev–Trinajstić information content (AvgIpc) is 2.03. The number of nitrogens with two attached hydrogens (primary N) is 1. The summed E-state index contributed by atoms with van der Waals surface area (Å²) >= 11 is 1.56. The Morgan fingerprint density at radius 3 is 3.08 bits per heavy atom. The monoisotopic (exact) mass is 185 g/mol. The quantitative estimate of drug-likeness (QED) is 0.688. The molecule has 4 heteroatoms. The van der Waals surface area contributed by atoms with Crippen LogP contribution in [0.25, 0.3) is 0 Å². The molecule has 12 heavy (non-hydrogen) atoms. The molecule has 0 bridgehead atoms. The molecule has 1 aliphatic rings. The molecule has 0 amide bonds. The summed E-state index contributed by atoms with van der Waals surface area (Å²) in [6, 6.07) is 0. The van der Waals surface area contributed by atoms with Gasteiger partial charge in [-0.2, -0.15) is 0 Å². The fraction of sp³-hybridized carbons (Fsp3) is 0.375. The SMILES string of the molecule is NCC1=CCSC(CC(=O)O)=C1. The van der Waals surface area contributed by atoms with Crippen molar-refractivity contribution in [1.29, 1.82) is 0 Å². The first-order valence-electron chi connectivity index (χ1n) is 3.66. The van der Waals surface area contributed by atoms with E-state index in [1.54, 1.807) is 11.8 Å². The summed E-state index contributed by atoms with van der Waals surface area (Å²) in [6.45, 7) is 0.490. The van der Waals surface area contributed by atoms with Gasteiger partial charge in [0.2, 0.25) is 0 Å². The third-order valence-corrected chi connectivity index (χ3v) is 2.49. The van der Waals surface area contributed by atoms with Crippen LogP contribution in [0, 0.1) is 0 Å². The lowest BCUT2D eigenvalue weighted by molar-refractivity contribution is -0.136. The van der Waals surface area contributed by atoms with Gasteiger partial charge in [0, 0.05) is 12.3 Å². The predicted molar refractivity (Wildman–Crippen MR) is 49.9 cm³/mol. The van der Waals surface area contributed by atoms with Crippen LogP contribution in [0.3, 0.4) is 0 Å². The van der Waals surface area contributed by atoms with Crippen LogP contribution in [0.1, 0.15) is 6.42 Å². The van der Waals surface area contributed by atoms with E-state index < -0.39 is 5.97 Å². The van der Waals surface area contributed by atoms with Crippen LogP contribution in [0.4, 0.5) is 0 Å². The minimum Gasteiger partial charge on any atom is -0.481 e. The molecule has 0 aromatic rings. The van der Waals surface area contributed by atoms with E-state index in [0.717, 1.165) is 16.2 Å². The Morgan fingerprint density at radius 1 is 1.75 bits per heavy atom. The van der Waals surface area contributed by atoms with Gasteiger partial charge in [-0.15, -0.1) is 11.8 Å². The van der Waals surface area contributed by atoms with E-state index in [1.807, 2.05) is 12.2 Å². The molecule has 0 saturated carbocycles. The van der Waals surface area contributed by atoms with Crippen molar-refractivity contribution in [2.75, 3.05) is 12.3 Å². The summed E-state index contributed by atoms with van der Waals surface area (Å²) in [4.78, 5) is 11.3. The van der Waals surface area contributed by atoms with Gasteiger partial charge >= 0.3 is 5.97 Å². The number of carboxylic acids is 1. The molecule has 0 atom stereocenters. The number of aliphatic carboxylic acids is 1. The summed E-state index contributed by atoms with van der Waals surface area (Å²) in [7, 11) is 0. The van der Waals surface area contributed by atoms with Gasteiger partial charge in [-0.05, 0) is 16.6 Å². The van der Waals surface area contributed by atoms with Gasteiger partial charge in [-0.3, -0.25) is 4.79 Å². The Balaban J connectivity index is 2.60. The lowest BCUT2D eigenvalue weighted by Crippen LogP contribution is -2.06. The van der Waals surface area contributed by atoms with Crippen molar-refractivity contribution < 1.29 is 9.90 Å². The molecule has 1 heterocycles. The lowest BCUT2D eigenvalue weighted by Gasteiger charge is -2.09. The molecule has 0 aromatic carbocycles. The zero-order chi connectivity index (χ0) is 8.97. The van der Waals surface area contributed by atoms with Crippen molar-refractivity contribution in [3.63, 3.8) is 0 Å². The van der Waals surface area contributed by atoms with E-state index >= 15 is 0 Å². The van der Waals surface area contributed by atoms with Crippen molar-refractivity contribution in [3.8, 4) is 0 Å². The average molecular weight is 185 g/mol. The maximum absolute atomic E-state index is 10.4. The number of carboxylic acid groups (broad SMARTS) is 1. The van der Waals surface area contributed by atoms with E-state index in [4.69, 9.17) is 10.8 Å². The van der Waals surface area contributed by atoms with E-state index in [2.05, 4.69) is 0 Å². The van der Waals surface area contributed by atoms with Crippen molar-refractivity contribution in [1.82, 2.24) is 0 Å². The molecule has 0 unspecified atom stereocenters. The van der Waals surface area contributed by atoms with Gasteiger partial charge in [0.05, 0.1) is 6.42 Å². The maximum atomic E-state index is 10.4. The van der Waals surface area contributed by atoms with Crippen LogP contribution in [-0.2, 0) is 4.79 Å². The highest BCUT2D eigenvalue weighted by atomic mass is 32.2. The number of thioether (sulfide) groups is 1. The predicted octanol–water partition coefficient (Wildman–Crippen LogP) is 0.977. The Labute approximate surface area is 75.3 Å². The van der Waals surface area contributed by atoms with Crippen molar-refractivity contribution in [2.45, 2.75) is 6.42 Å². The Morgan fingerprint density at radius 2 is 2.50 bits per heavy atom. The molecular weight excluding hydrogens is 174 g/mol. The lowest BCUT2D eigenvalue weighted by atomic mass is 10.2. The third-order valence-electron chi connectivity index (χ3n) is 1.52. The molecule has 0 aliphatic carbocycles. The molecule has 0 radical (unpaired) electrons. The number of hydrogen-bond acceptors (Lipinski definition) is 3.